The summed E-state index contributed by atoms with van der Waals surface area (Å²) in [6, 6.07) is 6.65. The third-order valence-electron chi connectivity index (χ3n) is 6.88. The topological polar surface area (TPSA) is 78.4 Å². The van der Waals surface area contributed by atoms with Crippen LogP contribution in [0.2, 0.25) is 0 Å². The number of nitrogens with one attached hydrogen (secondary N) is 3. The lowest BCUT2D eigenvalue weighted by molar-refractivity contribution is -0.116. The van der Waals surface area contributed by atoms with E-state index in [1.54, 1.807) is 0 Å². The van der Waals surface area contributed by atoms with Gasteiger partial charge in [-0.05, 0) is 69.5 Å². The molecule has 0 bridgehead atoms. The number of amides is 2. The van der Waals surface area contributed by atoms with Gasteiger partial charge < -0.3 is 25.4 Å². The summed E-state index contributed by atoms with van der Waals surface area (Å²) in [6.07, 6.45) is 6.22. The number of aromatic nitrogens is 1. The molecule has 3 N–H and O–H groups in total. The van der Waals surface area contributed by atoms with E-state index in [1.807, 2.05) is 13.0 Å². The summed E-state index contributed by atoms with van der Waals surface area (Å²) >= 11 is 0. The van der Waals surface area contributed by atoms with Crippen molar-refractivity contribution in [3.05, 3.63) is 30.0 Å². The Morgan fingerprint density at radius 2 is 2.03 bits per heavy atom. The van der Waals surface area contributed by atoms with E-state index < -0.39 is 5.67 Å². The van der Waals surface area contributed by atoms with E-state index in [0.717, 1.165) is 55.7 Å². The fourth-order valence-corrected chi connectivity index (χ4v) is 5.01. The standard InChI is InChI=1S/C24H34FN5O2/c1-18-14-22-19(15-21(18)28-23(32)2-8-27-17-31)3-13-30(22)20-4-11-29(12-5-20)16-24(25)6-9-26-10-7-24/h3,13-15,17,20,26H,2,4-12,16H2,1H3,(H,27,31)(H,28,32). The first-order valence-electron chi connectivity index (χ1n) is 11.7. The second kappa shape index (κ2) is 10.0. The van der Waals surface area contributed by atoms with Crippen molar-refractivity contribution in [2.24, 2.45) is 0 Å². The zero-order valence-corrected chi connectivity index (χ0v) is 18.8. The van der Waals surface area contributed by atoms with E-state index in [9.17, 15) is 9.59 Å². The molecule has 0 atom stereocenters. The Kier molecular flexibility index (Phi) is 7.10. The zero-order valence-electron chi connectivity index (χ0n) is 18.8. The summed E-state index contributed by atoms with van der Waals surface area (Å²) in [5.41, 5.74) is 1.94. The third-order valence-corrected chi connectivity index (χ3v) is 6.88. The first kappa shape index (κ1) is 22.7. The molecular weight excluding hydrogens is 409 g/mol. The Morgan fingerprint density at radius 1 is 1.28 bits per heavy atom. The number of aryl methyl sites for hydroxylation is 1. The van der Waals surface area contributed by atoms with E-state index in [2.05, 4.69) is 43.7 Å². The highest BCUT2D eigenvalue weighted by Crippen LogP contribution is 2.32. The zero-order chi connectivity index (χ0) is 22.6. The molecule has 2 aliphatic heterocycles. The number of carbonyl (C=O) groups is 2. The molecule has 2 aromatic rings. The molecule has 2 fully saturated rings. The van der Waals surface area contributed by atoms with Gasteiger partial charge in [0.05, 0.1) is 0 Å². The Labute approximate surface area is 188 Å². The Balaban J connectivity index is 1.38. The van der Waals surface area contributed by atoms with Crippen molar-refractivity contribution < 1.29 is 14.0 Å². The number of piperidine rings is 2. The van der Waals surface area contributed by atoms with E-state index in [1.165, 1.54) is 5.52 Å². The molecule has 0 saturated carbocycles. The monoisotopic (exact) mass is 443 g/mol. The summed E-state index contributed by atoms with van der Waals surface area (Å²) in [7, 11) is 0. The summed E-state index contributed by atoms with van der Waals surface area (Å²) in [4.78, 5) is 24.7. The van der Waals surface area contributed by atoms with Crippen LogP contribution in [0, 0.1) is 6.92 Å². The number of hydrogen-bond donors (Lipinski definition) is 3. The van der Waals surface area contributed by atoms with Crippen LogP contribution in [0.1, 0.15) is 43.7 Å². The second-order valence-electron chi connectivity index (χ2n) is 9.23. The average molecular weight is 444 g/mol. The lowest BCUT2D eigenvalue weighted by atomic mass is 9.92. The molecule has 8 heteroatoms. The maximum absolute atomic E-state index is 15.1. The van der Waals surface area contributed by atoms with Crippen LogP contribution in [0.15, 0.2) is 24.4 Å². The highest BCUT2D eigenvalue weighted by Gasteiger charge is 2.35. The van der Waals surface area contributed by atoms with Crippen LogP contribution in [-0.2, 0) is 9.59 Å². The van der Waals surface area contributed by atoms with Crippen molar-refractivity contribution in [2.75, 3.05) is 44.6 Å². The summed E-state index contributed by atoms with van der Waals surface area (Å²) < 4.78 is 17.4. The highest BCUT2D eigenvalue weighted by atomic mass is 19.1. The number of anilines is 1. The molecule has 0 radical (unpaired) electrons. The van der Waals surface area contributed by atoms with Crippen LogP contribution in [-0.4, -0.2) is 66.7 Å². The molecule has 1 aromatic carbocycles. The molecule has 3 heterocycles. The van der Waals surface area contributed by atoms with Gasteiger partial charge in [0.2, 0.25) is 12.3 Å². The van der Waals surface area contributed by atoms with Crippen molar-refractivity contribution in [3.63, 3.8) is 0 Å². The SMILES string of the molecule is Cc1cc2c(ccn2C2CCN(CC3(F)CCNCC3)CC2)cc1NC(=O)CCNC=O. The number of carbonyl (C=O) groups excluding carboxylic acids is 2. The molecule has 2 saturated heterocycles. The number of halogens is 1. The van der Waals surface area contributed by atoms with Crippen LogP contribution < -0.4 is 16.0 Å². The summed E-state index contributed by atoms with van der Waals surface area (Å²) in [5, 5.41) is 9.80. The van der Waals surface area contributed by atoms with E-state index >= 15 is 4.39 Å². The summed E-state index contributed by atoms with van der Waals surface area (Å²) in [5.74, 6) is -0.118. The van der Waals surface area contributed by atoms with Gasteiger partial charge in [-0.2, -0.15) is 0 Å². The fourth-order valence-electron chi connectivity index (χ4n) is 5.01. The van der Waals surface area contributed by atoms with E-state index in [-0.39, 0.29) is 12.3 Å². The molecule has 0 aliphatic carbocycles. The molecular formula is C24H34FN5O2. The minimum atomic E-state index is -1.04. The maximum atomic E-state index is 15.1. The smallest absolute Gasteiger partial charge is 0.226 e. The third kappa shape index (κ3) is 5.30. The van der Waals surface area contributed by atoms with Gasteiger partial charge in [-0.15, -0.1) is 0 Å². The van der Waals surface area contributed by atoms with Gasteiger partial charge in [-0.1, -0.05) is 0 Å². The molecule has 1 aromatic heterocycles. The quantitative estimate of drug-likeness (QED) is 0.433. The van der Waals surface area contributed by atoms with Gasteiger partial charge in [0.25, 0.3) is 0 Å². The molecule has 7 nitrogen and oxygen atoms in total. The maximum Gasteiger partial charge on any atom is 0.226 e. The lowest BCUT2D eigenvalue weighted by Crippen LogP contribution is -2.48. The minimum Gasteiger partial charge on any atom is -0.358 e. The van der Waals surface area contributed by atoms with Gasteiger partial charge >= 0.3 is 0 Å². The number of benzene rings is 1. The molecule has 2 amide bonds. The average Bonchev–Trinajstić information content (AvgIpc) is 3.17. The largest absolute Gasteiger partial charge is 0.358 e. The van der Waals surface area contributed by atoms with Gasteiger partial charge in [0, 0.05) is 61.4 Å². The first-order valence-corrected chi connectivity index (χ1v) is 11.7. The van der Waals surface area contributed by atoms with Crippen LogP contribution in [0.4, 0.5) is 10.1 Å². The number of rotatable bonds is 8. The minimum absolute atomic E-state index is 0.118. The van der Waals surface area contributed by atoms with Crippen molar-refractivity contribution in [3.8, 4) is 0 Å². The molecule has 4 rings (SSSR count). The molecule has 174 valence electrons. The predicted molar refractivity (Wildman–Crippen MR) is 125 cm³/mol. The van der Waals surface area contributed by atoms with E-state index in [4.69, 9.17) is 0 Å². The van der Waals surface area contributed by atoms with Crippen LogP contribution in [0.3, 0.4) is 0 Å². The number of fused-ring (bicyclic) bond motifs is 1. The number of hydrogen-bond acceptors (Lipinski definition) is 4. The molecule has 0 spiro atoms. The molecule has 2 aliphatic rings. The van der Waals surface area contributed by atoms with Crippen LogP contribution in [0.5, 0.6) is 0 Å². The van der Waals surface area contributed by atoms with E-state index in [0.29, 0.717) is 38.4 Å². The Bertz CT molecular complexity index is 945. The number of nitrogens with zero attached hydrogens (tertiary/aromatic N) is 2. The van der Waals surface area contributed by atoms with Crippen LogP contribution >= 0.6 is 0 Å². The summed E-state index contributed by atoms with van der Waals surface area (Å²) in [6.45, 7) is 6.28. The number of alkyl halides is 1. The van der Waals surface area contributed by atoms with Crippen molar-refractivity contribution in [1.82, 2.24) is 20.1 Å². The first-order chi connectivity index (χ1) is 15.5. The van der Waals surface area contributed by atoms with Crippen molar-refractivity contribution >= 4 is 28.9 Å². The number of likely N-dealkylation sites (tertiary alicyclic amines) is 1. The molecule has 0 unspecified atom stereocenters. The fraction of sp³-hybridized carbons (Fsp3) is 0.583. The Hall–Kier alpha value is -2.45. The Morgan fingerprint density at radius 3 is 2.75 bits per heavy atom. The highest BCUT2D eigenvalue weighted by molar-refractivity contribution is 5.95. The van der Waals surface area contributed by atoms with Gasteiger partial charge in [0.15, 0.2) is 0 Å². The molecule has 32 heavy (non-hydrogen) atoms. The van der Waals surface area contributed by atoms with Gasteiger partial charge in [-0.25, -0.2) is 4.39 Å². The van der Waals surface area contributed by atoms with Crippen molar-refractivity contribution in [2.45, 2.75) is 50.7 Å². The van der Waals surface area contributed by atoms with Crippen molar-refractivity contribution in [1.29, 1.82) is 0 Å². The van der Waals surface area contributed by atoms with Gasteiger partial charge in [-0.3, -0.25) is 9.59 Å². The normalized spacial score (nSPS) is 19.7. The lowest BCUT2D eigenvalue weighted by Gasteiger charge is -2.39. The second-order valence-corrected chi connectivity index (χ2v) is 9.23. The van der Waals surface area contributed by atoms with Crippen LogP contribution in [0.25, 0.3) is 10.9 Å². The van der Waals surface area contributed by atoms with Gasteiger partial charge in [0.1, 0.15) is 5.67 Å². The predicted octanol–water partition coefficient (Wildman–Crippen LogP) is 2.75.